The van der Waals surface area contributed by atoms with E-state index in [9.17, 15) is 14.4 Å². The van der Waals surface area contributed by atoms with Crippen LogP contribution in [-0.2, 0) is 9.59 Å². The topological polar surface area (TPSA) is 60.9 Å². The minimum absolute atomic E-state index is 0.0535. The number of carbonyl (C=O) groups excluding carboxylic acids is 3. The number of hydrogen-bond donors (Lipinski definition) is 0. The second-order valence-electron chi connectivity index (χ2n) is 5.78. The first-order valence-corrected chi connectivity index (χ1v) is 7.87. The average molecular weight is 325 g/mol. The predicted molar refractivity (Wildman–Crippen MR) is 89.6 cm³/mol. The van der Waals surface area contributed by atoms with Gasteiger partial charge in [-0.15, -0.1) is 6.58 Å². The molecule has 0 aliphatic carbocycles. The van der Waals surface area contributed by atoms with E-state index in [-0.39, 0.29) is 13.2 Å². The summed E-state index contributed by atoms with van der Waals surface area (Å²) in [5.41, 5.74) is 2.45. The molecule has 6 heteroatoms. The number of carbonyl (C=O) groups is 3. The Morgan fingerprint density at radius 2 is 1.75 bits per heavy atom. The van der Waals surface area contributed by atoms with Crippen LogP contribution < -0.4 is 0 Å². The van der Waals surface area contributed by atoms with Gasteiger partial charge in [0.2, 0.25) is 0 Å². The fourth-order valence-corrected chi connectivity index (χ4v) is 2.92. The van der Waals surface area contributed by atoms with Gasteiger partial charge in [0.25, 0.3) is 0 Å². The molecular weight excluding hydrogens is 306 g/mol. The molecule has 2 heterocycles. The zero-order valence-corrected chi connectivity index (χ0v) is 13.4. The quantitative estimate of drug-likeness (QED) is 0.470. The smallest absolute Gasteiger partial charge is 0.281 e. The second-order valence-corrected chi connectivity index (χ2v) is 5.78. The standard InChI is InChI=1S/C18H19N3O3/c1-2-10-20-16(22)17(23)21(18(20)24)13-19-11-8-15(9-12-19)14-6-4-3-5-7-14/h2-8H,1,9-13H2. The van der Waals surface area contributed by atoms with Gasteiger partial charge in [0.05, 0.1) is 6.67 Å². The highest BCUT2D eigenvalue weighted by Gasteiger charge is 2.44. The Morgan fingerprint density at radius 3 is 2.38 bits per heavy atom. The van der Waals surface area contributed by atoms with Crippen LogP contribution in [0.5, 0.6) is 0 Å². The van der Waals surface area contributed by atoms with Crippen molar-refractivity contribution in [3.8, 4) is 0 Å². The third-order valence-corrected chi connectivity index (χ3v) is 4.23. The molecule has 0 bridgehead atoms. The van der Waals surface area contributed by atoms with E-state index in [0.717, 1.165) is 22.8 Å². The summed E-state index contributed by atoms with van der Waals surface area (Å²) in [5, 5.41) is 0. The van der Waals surface area contributed by atoms with Gasteiger partial charge in [-0.1, -0.05) is 42.5 Å². The molecule has 1 aromatic rings. The summed E-state index contributed by atoms with van der Waals surface area (Å²) >= 11 is 0. The third kappa shape index (κ3) is 3.00. The van der Waals surface area contributed by atoms with Crippen LogP contribution in [0.25, 0.3) is 5.57 Å². The number of urea groups is 1. The maximum atomic E-state index is 12.2. The first kappa shape index (κ1) is 16.1. The van der Waals surface area contributed by atoms with Crippen molar-refractivity contribution in [1.82, 2.24) is 14.7 Å². The van der Waals surface area contributed by atoms with Gasteiger partial charge in [0.1, 0.15) is 0 Å². The van der Waals surface area contributed by atoms with Gasteiger partial charge in [-0.2, -0.15) is 0 Å². The lowest BCUT2D eigenvalue weighted by Gasteiger charge is -2.29. The summed E-state index contributed by atoms with van der Waals surface area (Å²) < 4.78 is 0. The summed E-state index contributed by atoms with van der Waals surface area (Å²) in [6.07, 6.45) is 4.38. The lowest BCUT2D eigenvalue weighted by Crippen LogP contribution is -2.43. The van der Waals surface area contributed by atoms with Crippen LogP contribution in [0.2, 0.25) is 0 Å². The van der Waals surface area contributed by atoms with Gasteiger partial charge < -0.3 is 0 Å². The van der Waals surface area contributed by atoms with Gasteiger partial charge in [-0.25, -0.2) is 9.69 Å². The predicted octanol–water partition coefficient (Wildman–Crippen LogP) is 1.71. The maximum absolute atomic E-state index is 12.2. The summed E-state index contributed by atoms with van der Waals surface area (Å²) in [4.78, 5) is 39.9. The molecule has 0 aromatic heterocycles. The Bertz CT molecular complexity index is 711. The fourth-order valence-electron chi connectivity index (χ4n) is 2.92. The van der Waals surface area contributed by atoms with E-state index in [4.69, 9.17) is 0 Å². The Labute approximate surface area is 140 Å². The summed E-state index contributed by atoms with van der Waals surface area (Å²) in [6, 6.07) is 9.56. The Balaban J connectivity index is 1.65. The molecule has 0 unspecified atom stereocenters. The van der Waals surface area contributed by atoms with E-state index in [1.165, 1.54) is 17.2 Å². The van der Waals surface area contributed by atoms with Crippen LogP contribution in [-0.4, -0.2) is 58.8 Å². The molecule has 0 spiro atoms. The first-order chi connectivity index (χ1) is 11.6. The molecule has 6 nitrogen and oxygen atoms in total. The Hall–Kier alpha value is -2.73. The molecular formula is C18H19N3O3. The van der Waals surface area contributed by atoms with Crippen LogP contribution >= 0.6 is 0 Å². The molecule has 1 saturated heterocycles. The van der Waals surface area contributed by atoms with E-state index in [1.807, 2.05) is 23.1 Å². The largest absolute Gasteiger partial charge is 0.335 e. The molecule has 0 radical (unpaired) electrons. The van der Waals surface area contributed by atoms with Crippen LogP contribution in [0.3, 0.4) is 0 Å². The van der Waals surface area contributed by atoms with E-state index >= 15 is 0 Å². The number of hydrogen-bond acceptors (Lipinski definition) is 4. The molecule has 4 amide bonds. The summed E-state index contributed by atoms with van der Waals surface area (Å²) in [7, 11) is 0. The van der Waals surface area contributed by atoms with E-state index in [1.54, 1.807) is 0 Å². The highest BCUT2D eigenvalue weighted by Crippen LogP contribution is 2.22. The number of amides is 4. The molecule has 1 aromatic carbocycles. The molecule has 1 fully saturated rings. The molecule has 0 saturated carbocycles. The van der Waals surface area contributed by atoms with Gasteiger partial charge in [0, 0.05) is 19.6 Å². The SMILES string of the molecule is C=CCN1C(=O)C(=O)N(CN2CC=C(c3ccccc3)CC2)C1=O. The summed E-state index contributed by atoms with van der Waals surface area (Å²) in [5.74, 6) is -1.54. The van der Waals surface area contributed by atoms with Crippen molar-refractivity contribution < 1.29 is 14.4 Å². The first-order valence-electron chi connectivity index (χ1n) is 7.87. The van der Waals surface area contributed by atoms with Crippen molar-refractivity contribution >= 4 is 23.4 Å². The Kier molecular flexibility index (Phi) is 4.57. The van der Waals surface area contributed by atoms with Crippen molar-refractivity contribution in [3.63, 3.8) is 0 Å². The monoisotopic (exact) mass is 325 g/mol. The number of rotatable bonds is 5. The van der Waals surface area contributed by atoms with Crippen LogP contribution in [0.4, 0.5) is 4.79 Å². The average Bonchev–Trinajstić information content (AvgIpc) is 2.81. The molecule has 3 rings (SSSR count). The van der Waals surface area contributed by atoms with Crippen LogP contribution in [0.1, 0.15) is 12.0 Å². The van der Waals surface area contributed by atoms with E-state index in [0.29, 0.717) is 6.54 Å². The lowest BCUT2D eigenvalue weighted by molar-refractivity contribution is -0.143. The van der Waals surface area contributed by atoms with Crippen molar-refractivity contribution in [3.05, 3.63) is 54.6 Å². The molecule has 0 N–H and O–H groups in total. The molecule has 24 heavy (non-hydrogen) atoms. The number of nitrogens with zero attached hydrogens (tertiary/aromatic N) is 3. The second kappa shape index (κ2) is 6.80. The van der Waals surface area contributed by atoms with Crippen molar-refractivity contribution in [2.45, 2.75) is 6.42 Å². The van der Waals surface area contributed by atoms with Gasteiger partial charge in [-0.3, -0.25) is 19.4 Å². The van der Waals surface area contributed by atoms with Crippen molar-refractivity contribution in [2.24, 2.45) is 0 Å². The minimum atomic E-state index is -0.780. The molecule has 0 atom stereocenters. The van der Waals surface area contributed by atoms with Crippen molar-refractivity contribution in [1.29, 1.82) is 0 Å². The zero-order valence-electron chi connectivity index (χ0n) is 13.4. The van der Waals surface area contributed by atoms with E-state index in [2.05, 4.69) is 24.8 Å². The van der Waals surface area contributed by atoms with Crippen LogP contribution in [0, 0.1) is 0 Å². The lowest BCUT2D eigenvalue weighted by atomic mass is 10.00. The van der Waals surface area contributed by atoms with E-state index < -0.39 is 17.8 Å². The summed E-state index contributed by atoms with van der Waals surface area (Å²) in [6.45, 7) is 5.06. The molecule has 124 valence electrons. The maximum Gasteiger partial charge on any atom is 0.335 e. The molecule has 2 aliphatic rings. The number of benzene rings is 1. The zero-order chi connectivity index (χ0) is 17.1. The number of imide groups is 2. The highest BCUT2D eigenvalue weighted by molar-refractivity contribution is 6.44. The van der Waals surface area contributed by atoms with Gasteiger partial charge in [-0.05, 0) is 17.6 Å². The van der Waals surface area contributed by atoms with Gasteiger partial charge in [0.15, 0.2) is 0 Å². The van der Waals surface area contributed by atoms with Gasteiger partial charge >= 0.3 is 17.8 Å². The minimum Gasteiger partial charge on any atom is -0.281 e. The third-order valence-electron chi connectivity index (χ3n) is 4.23. The normalized spacial score (nSPS) is 19.0. The fraction of sp³-hybridized carbons (Fsp3) is 0.278. The Morgan fingerprint density at radius 1 is 1.04 bits per heavy atom. The van der Waals surface area contributed by atoms with Crippen molar-refractivity contribution in [2.75, 3.05) is 26.3 Å². The molecule has 2 aliphatic heterocycles. The highest BCUT2D eigenvalue weighted by atomic mass is 16.2. The van der Waals surface area contributed by atoms with Crippen LogP contribution in [0.15, 0.2) is 49.1 Å².